The molecule has 2 aliphatic heterocycles. The van der Waals surface area contributed by atoms with Crippen molar-refractivity contribution in [1.29, 1.82) is 0 Å². The lowest BCUT2D eigenvalue weighted by Gasteiger charge is -2.39. The van der Waals surface area contributed by atoms with E-state index in [-0.39, 0.29) is 29.6 Å². The van der Waals surface area contributed by atoms with Crippen LogP contribution in [0.2, 0.25) is 0 Å². The summed E-state index contributed by atoms with van der Waals surface area (Å²) in [6.45, 7) is 7.01. The fourth-order valence-electron chi connectivity index (χ4n) is 5.46. The van der Waals surface area contributed by atoms with Crippen molar-refractivity contribution in [2.24, 2.45) is 0 Å². The summed E-state index contributed by atoms with van der Waals surface area (Å²) in [4.78, 5) is 20.7. The normalized spacial score (nSPS) is 24.4. The Labute approximate surface area is 188 Å². The number of carbonyl (C=O) groups excluding carboxylic acids is 1. The number of benzene rings is 2. The highest BCUT2D eigenvalue weighted by atomic mass is 19.1. The highest BCUT2D eigenvalue weighted by Crippen LogP contribution is 2.47. The first-order chi connectivity index (χ1) is 15.5. The first-order valence-corrected chi connectivity index (χ1v) is 11.5. The Morgan fingerprint density at radius 2 is 1.56 bits per heavy atom. The Hall–Kier alpha value is -2.51. The second-order valence-corrected chi connectivity index (χ2v) is 9.20. The van der Waals surface area contributed by atoms with Gasteiger partial charge in [-0.3, -0.25) is 9.80 Å². The van der Waals surface area contributed by atoms with Crippen LogP contribution in [0.4, 0.5) is 13.6 Å². The van der Waals surface area contributed by atoms with E-state index >= 15 is 0 Å². The number of urea groups is 1. The SMILES string of the molecule is CN1CCN(CCN2CCN([C@@H]3C[C@@H](c4ccc(F)cc4)c4ccc(F)cc43)CC2)C1=O. The maximum Gasteiger partial charge on any atom is 0.319 e. The summed E-state index contributed by atoms with van der Waals surface area (Å²) in [7, 11) is 1.85. The zero-order valence-corrected chi connectivity index (χ0v) is 18.5. The minimum Gasteiger partial charge on any atom is -0.326 e. The van der Waals surface area contributed by atoms with Crippen LogP contribution in [0.25, 0.3) is 0 Å². The number of halogens is 2. The predicted octanol–water partition coefficient (Wildman–Crippen LogP) is 3.53. The molecular weight excluding hydrogens is 410 g/mol. The molecule has 0 radical (unpaired) electrons. The zero-order chi connectivity index (χ0) is 22.2. The van der Waals surface area contributed by atoms with Crippen LogP contribution in [0, 0.1) is 11.6 Å². The molecule has 2 atom stereocenters. The van der Waals surface area contributed by atoms with E-state index in [1.165, 1.54) is 18.2 Å². The molecule has 170 valence electrons. The molecule has 5 rings (SSSR count). The first kappa shape index (κ1) is 21.3. The molecule has 2 aromatic rings. The van der Waals surface area contributed by atoms with Gasteiger partial charge in [-0.15, -0.1) is 0 Å². The standard InChI is InChI=1S/C25H30F2N4O/c1-28-8-12-31(25(28)32)15-11-29-9-13-30(14-10-29)24-17-22(18-2-4-19(26)5-3-18)21-7-6-20(27)16-23(21)24/h2-7,16,22,24H,8-15,17H2,1H3/t22-,24+/m0/s1. The highest BCUT2D eigenvalue weighted by molar-refractivity contribution is 5.76. The third kappa shape index (κ3) is 4.11. The zero-order valence-electron chi connectivity index (χ0n) is 18.5. The number of piperazine rings is 1. The van der Waals surface area contributed by atoms with Gasteiger partial charge in [-0.05, 0) is 47.4 Å². The van der Waals surface area contributed by atoms with Crippen LogP contribution in [-0.4, -0.2) is 85.0 Å². The molecular formula is C25H30F2N4O. The number of fused-ring (bicyclic) bond motifs is 1. The van der Waals surface area contributed by atoms with E-state index in [4.69, 9.17) is 0 Å². The molecule has 0 spiro atoms. The summed E-state index contributed by atoms with van der Waals surface area (Å²) in [5, 5.41) is 0. The Morgan fingerprint density at radius 1 is 0.844 bits per heavy atom. The van der Waals surface area contributed by atoms with Gasteiger partial charge in [-0.1, -0.05) is 18.2 Å². The molecule has 0 aromatic heterocycles. The van der Waals surface area contributed by atoms with E-state index in [2.05, 4.69) is 9.80 Å². The third-order valence-corrected chi connectivity index (χ3v) is 7.35. The number of hydrogen-bond acceptors (Lipinski definition) is 3. The van der Waals surface area contributed by atoms with Crippen LogP contribution in [0.1, 0.15) is 35.1 Å². The van der Waals surface area contributed by atoms with Gasteiger partial charge in [0.15, 0.2) is 0 Å². The number of rotatable bonds is 5. The lowest BCUT2D eigenvalue weighted by Crippen LogP contribution is -2.49. The van der Waals surface area contributed by atoms with Gasteiger partial charge in [0.2, 0.25) is 0 Å². The van der Waals surface area contributed by atoms with E-state index < -0.39 is 0 Å². The first-order valence-electron chi connectivity index (χ1n) is 11.5. The summed E-state index contributed by atoms with van der Waals surface area (Å²) in [5.41, 5.74) is 3.31. The van der Waals surface area contributed by atoms with Crippen molar-refractivity contribution in [1.82, 2.24) is 19.6 Å². The molecule has 2 fully saturated rings. The molecule has 7 heteroatoms. The monoisotopic (exact) mass is 440 g/mol. The van der Waals surface area contributed by atoms with Gasteiger partial charge in [0.05, 0.1) is 0 Å². The molecule has 0 bridgehead atoms. The molecule has 0 saturated carbocycles. The molecule has 2 amide bonds. The topological polar surface area (TPSA) is 30.0 Å². The number of carbonyl (C=O) groups is 1. The summed E-state index contributed by atoms with van der Waals surface area (Å²) >= 11 is 0. The molecule has 5 nitrogen and oxygen atoms in total. The Morgan fingerprint density at radius 3 is 2.25 bits per heavy atom. The quantitative estimate of drug-likeness (QED) is 0.713. The van der Waals surface area contributed by atoms with Crippen LogP contribution in [0.15, 0.2) is 42.5 Å². The maximum absolute atomic E-state index is 14.1. The smallest absolute Gasteiger partial charge is 0.319 e. The third-order valence-electron chi connectivity index (χ3n) is 7.35. The van der Waals surface area contributed by atoms with Crippen LogP contribution < -0.4 is 0 Å². The van der Waals surface area contributed by atoms with E-state index in [9.17, 15) is 13.6 Å². The van der Waals surface area contributed by atoms with Gasteiger partial charge >= 0.3 is 6.03 Å². The maximum atomic E-state index is 14.1. The number of nitrogens with zero attached hydrogens (tertiary/aromatic N) is 4. The van der Waals surface area contributed by atoms with Gasteiger partial charge < -0.3 is 9.80 Å². The highest BCUT2D eigenvalue weighted by Gasteiger charge is 2.37. The van der Waals surface area contributed by atoms with Crippen LogP contribution >= 0.6 is 0 Å². The second kappa shape index (κ2) is 8.79. The van der Waals surface area contributed by atoms with E-state index in [1.807, 2.05) is 30.1 Å². The van der Waals surface area contributed by atoms with Gasteiger partial charge in [0, 0.05) is 71.4 Å². The summed E-state index contributed by atoms with van der Waals surface area (Å²) in [6.07, 6.45) is 0.888. The molecule has 1 aliphatic carbocycles. The lowest BCUT2D eigenvalue weighted by molar-refractivity contribution is 0.0901. The average Bonchev–Trinajstić information content (AvgIpc) is 3.33. The largest absolute Gasteiger partial charge is 0.326 e. The van der Waals surface area contributed by atoms with Crippen molar-refractivity contribution in [3.05, 3.63) is 70.8 Å². The number of likely N-dealkylation sites (N-methyl/N-ethyl adjacent to an activating group) is 1. The van der Waals surface area contributed by atoms with E-state index in [0.717, 1.165) is 75.5 Å². The Kier molecular flexibility index (Phi) is 5.86. The Balaban J connectivity index is 1.24. The van der Waals surface area contributed by atoms with Crippen molar-refractivity contribution in [3.63, 3.8) is 0 Å². The van der Waals surface area contributed by atoms with Crippen molar-refractivity contribution < 1.29 is 13.6 Å². The van der Waals surface area contributed by atoms with Gasteiger partial charge in [-0.2, -0.15) is 0 Å². The minimum atomic E-state index is -0.235. The molecule has 0 unspecified atom stereocenters. The van der Waals surface area contributed by atoms with Crippen LogP contribution in [0.3, 0.4) is 0 Å². The number of amides is 2. The van der Waals surface area contributed by atoms with Gasteiger partial charge in [0.25, 0.3) is 0 Å². The molecule has 32 heavy (non-hydrogen) atoms. The predicted molar refractivity (Wildman–Crippen MR) is 120 cm³/mol. The van der Waals surface area contributed by atoms with Crippen LogP contribution in [-0.2, 0) is 0 Å². The van der Waals surface area contributed by atoms with Crippen molar-refractivity contribution in [3.8, 4) is 0 Å². The second-order valence-electron chi connectivity index (χ2n) is 9.20. The molecule has 0 N–H and O–H groups in total. The van der Waals surface area contributed by atoms with Crippen molar-refractivity contribution >= 4 is 6.03 Å². The van der Waals surface area contributed by atoms with Crippen molar-refractivity contribution in [2.45, 2.75) is 18.4 Å². The average molecular weight is 441 g/mol. The number of hydrogen-bond donors (Lipinski definition) is 0. The van der Waals surface area contributed by atoms with Gasteiger partial charge in [0.1, 0.15) is 11.6 Å². The summed E-state index contributed by atoms with van der Waals surface area (Å²) in [6, 6.07) is 12.1. The molecule has 2 saturated heterocycles. The van der Waals surface area contributed by atoms with Crippen LogP contribution in [0.5, 0.6) is 0 Å². The fraction of sp³-hybridized carbons (Fsp3) is 0.480. The molecule has 2 heterocycles. The van der Waals surface area contributed by atoms with E-state index in [0.29, 0.717) is 0 Å². The summed E-state index contributed by atoms with van der Waals surface area (Å²) in [5.74, 6) is -0.277. The fourth-order valence-corrected chi connectivity index (χ4v) is 5.46. The molecule has 3 aliphatic rings. The summed E-state index contributed by atoms with van der Waals surface area (Å²) < 4.78 is 27.6. The lowest BCUT2D eigenvalue weighted by atomic mass is 9.93. The van der Waals surface area contributed by atoms with Gasteiger partial charge in [-0.25, -0.2) is 13.6 Å². The Bertz CT molecular complexity index is 974. The molecule has 2 aromatic carbocycles. The van der Waals surface area contributed by atoms with Crippen molar-refractivity contribution in [2.75, 3.05) is 59.4 Å². The van der Waals surface area contributed by atoms with E-state index in [1.54, 1.807) is 11.0 Å². The minimum absolute atomic E-state index is 0.125.